The van der Waals surface area contributed by atoms with Crippen molar-refractivity contribution in [3.8, 4) is 11.5 Å². The monoisotopic (exact) mass is 269 g/mol. The lowest BCUT2D eigenvalue weighted by atomic mass is 9.99. The van der Waals surface area contributed by atoms with Crippen molar-refractivity contribution in [3.63, 3.8) is 0 Å². The summed E-state index contributed by atoms with van der Waals surface area (Å²) in [5.74, 6) is 1.72. The maximum absolute atomic E-state index is 6.30. The van der Waals surface area contributed by atoms with Crippen LogP contribution in [0.3, 0.4) is 0 Å². The average Bonchev–Trinajstić information content (AvgIpc) is 2.50. The second-order valence-electron chi connectivity index (χ2n) is 5.03. The molecule has 0 bridgehead atoms. The van der Waals surface area contributed by atoms with Gasteiger partial charge in [0.05, 0.1) is 6.04 Å². The lowest BCUT2D eigenvalue weighted by Crippen LogP contribution is -2.40. The molecule has 104 valence electrons. The highest BCUT2D eigenvalue weighted by Gasteiger charge is 2.29. The molecule has 3 nitrogen and oxygen atoms in total. The SMILES string of the molecule is CCc1cccc(OC2COc3ccccc3C2N)c1. The third-order valence-electron chi connectivity index (χ3n) is 3.68. The van der Waals surface area contributed by atoms with Gasteiger partial charge in [-0.3, -0.25) is 0 Å². The van der Waals surface area contributed by atoms with Crippen molar-refractivity contribution in [2.24, 2.45) is 5.73 Å². The van der Waals surface area contributed by atoms with Crippen LogP contribution >= 0.6 is 0 Å². The molecule has 0 amide bonds. The number of fused-ring (bicyclic) bond motifs is 1. The van der Waals surface area contributed by atoms with Crippen LogP contribution in [0.25, 0.3) is 0 Å². The van der Waals surface area contributed by atoms with Gasteiger partial charge in [0.2, 0.25) is 0 Å². The standard InChI is InChI=1S/C17H19NO2/c1-2-12-6-5-7-13(10-12)20-16-11-19-15-9-4-3-8-14(15)17(16)18/h3-10,16-17H,2,11,18H2,1H3. The number of nitrogens with two attached hydrogens (primary N) is 1. The number of hydrogen-bond donors (Lipinski definition) is 1. The lowest BCUT2D eigenvalue weighted by molar-refractivity contribution is 0.0877. The van der Waals surface area contributed by atoms with E-state index in [2.05, 4.69) is 19.1 Å². The molecule has 0 aromatic heterocycles. The number of rotatable bonds is 3. The van der Waals surface area contributed by atoms with Crippen LogP contribution in [0.5, 0.6) is 11.5 Å². The summed E-state index contributed by atoms with van der Waals surface area (Å²) in [5.41, 5.74) is 8.57. The minimum absolute atomic E-state index is 0.156. The Labute approximate surface area is 119 Å². The number of aryl methyl sites for hydroxylation is 1. The van der Waals surface area contributed by atoms with Gasteiger partial charge in [-0.15, -0.1) is 0 Å². The van der Waals surface area contributed by atoms with E-state index in [-0.39, 0.29) is 12.1 Å². The topological polar surface area (TPSA) is 44.5 Å². The fourth-order valence-electron chi connectivity index (χ4n) is 2.48. The molecule has 3 rings (SSSR count). The van der Waals surface area contributed by atoms with Crippen LogP contribution in [0.15, 0.2) is 48.5 Å². The van der Waals surface area contributed by atoms with E-state index in [1.54, 1.807) is 0 Å². The predicted molar refractivity (Wildman–Crippen MR) is 79.1 cm³/mol. The summed E-state index contributed by atoms with van der Waals surface area (Å²) in [6.45, 7) is 2.61. The van der Waals surface area contributed by atoms with E-state index >= 15 is 0 Å². The Kier molecular flexibility index (Phi) is 3.61. The van der Waals surface area contributed by atoms with E-state index < -0.39 is 0 Å². The van der Waals surface area contributed by atoms with E-state index in [1.807, 2.05) is 36.4 Å². The van der Waals surface area contributed by atoms with Gasteiger partial charge in [-0.25, -0.2) is 0 Å². The Morgan fingerprint density at radius 3 is 2.90 bits per heavy atom. The Morgan fingerprint density at radius 1 is 1.20 bits per heavy atom. The first-order valence-electron chi connectivity index (χ1n) is 7.01. The van der Waals surface area contributed by atoms with Gasteiger partial charge >= 0.3 is 0 Å². The molecule has 1 heterocycles. The van der Waals surface area contributed by atoms with Gasteiger partial charge < -0.3 is 15.2 Å². The van der Waals surface area contributed by atoms with Gasteiger partial charge in [-0.2, -0.15) is 0 Å². The zero-order chi connectivity index (χ0) is 13.9. The molecule has 2 aromatic rings. The fraction of sp³-hybridized carbons (Fsp3) is 0.294. The minimum atomic E-state index is -0.162. The Hall–Kier alpha value is -2.00. The van der Waals surface area contributed by atoms with Crippen molar-refractivity contribution in [1.82, 2.24) is 0 Å². The normalized spacial score (nSPS) is 20.9. The molecule has 0 spiro atoms. The number of ether oxygens (including phenoxy) is 2. The molecule has 2 atom stereocenters. The molecule has 0 fully saturated rings. The summed E-state index contributed by atoms with van der Waals surface area (Å²) in [5, 5.41) is 0. The highest BCUT2D eigenvalue weighted by Crippen LogP contribution is 2.32. The van der Waals surface area contributed by atoms with Crippen molar-refractivity contribution in [3.05, 3.63) is 59.7 Å². The van der Waals surface area contributed by atoms with Gasteiger partial charge in [-0.1, -0.05) is 37.3 Å². The van der Waals surface area contributed by atoms with Crippen molar-refractivity contribution < 1.29 is 9.47 Å². The maximum Gasteiger partial charge on any atom is 0.152 e. The summed E-state index contributed by atoms with van der Waals surface area (Å²) in [7, 11) is 0. The molecular formula is C17H19NO2. The molecule has 0 saturated heterocycles. The second kappa shape index (κ2) is 5.55. The van der Waals surface area contributed by atoms with E-state index in [9.17, 15) is 0 Å². The van der Waals surface area contributed by atoms with Gasteiger partial charge in [-0.05, 0) is 30.2 Å². The van der Waals surface area contributed by atoms with Crippen LogP contribution < -0.4 is 15.2 Å². The fourth-order valence-corrected chi connectivity index (χ4v) is 2.48. The Morgan fingerprint density at radius 2 is 2.05 bits per heavy atom. The Bertz CT molecular complexity index is 597. The van der Waals surface area contributed by atoms with E-state index in [4.69, 9.17) is 15.2 Å². The summed E-state index contributed by atoms with van der Waals surface area (Å²) in [4.78, 5) is 0. The summed E-state index contributed by atoms with van der Waals surface area (Å²) < 4.78 is 11.7. The molecule has 3 heteroatoms. The third kappa shape index (κ3) is 2.49. The molecule has 20 heavy (non-hydrogen) atoms. The van der Waals surface area contributed by atoms with Crippen molar-refractivity contribution in [1.29, 1.82) is 0 Å². The van der Waals surface area contributed by atoms with E-state index in [0.717, 1.165) is 23.5 Å². The van der Waals surface area contributed by atoms with Gasteiger partial charge in [0.1, 0.15) is 18.1 Å². The van der Waals surface area contributed by atoms with Crippen LogP contribution in [0, 0.1) is 0 Å². The molecule has 0 saturated carbocycles. The zero-order valence-electron chi connectivity index (χ0n) is 11.6. The summed E-state index contributed by atoms with van der Waals surface area (Å²) in [6, 6.07) is 15.8. The van der Waals surface area contributed by atoms with Gasteiger partial charge in [0.15, 0.2) is 6.10 Å². The van der Waals surface area contributed by atoms with Gasteiger partial charge in [0, 0.05) is 5.56 Å². The Balaban J connectivity index is 1.79. The smallest absolute Gasteiger partial charge is 0.152 e. The van der Waals surface area contributed by atoms with Gasteiger partial charge in [0.25, 0.3) is 0 Å². The van der Waals surface area contributed by atoms with Crippen LogP contribution in [0.4, 0.5) is 0 Å². The van der Waals surface area contributed by atoms with Crippen molar-refractivity contribution >= 4 is 0 Å². The number of para-hydroxylation sites is 1. The average molecular weight is 269 g/mol. The van der Waals surface area contributed by atoms with Crippen molar-refractivity contribution in [2.45, 2.75) is 25.5 Å². The predicted octanol–water partition coefficient (Wildman–Crippen LogP) is 3.09. The van der Waals surface area contributed by atoms with E-state index in [1.165, 1.54) is 5.56 Å². The molecule has 2 aromatic carbocycles. The number of benzene rings is 2. The molecule has 0 radical (unpaired) electrons. The molecule has 2 unspecified atom stereocenters. The summed E-state index contributed by atoms with van der Waals surface area (Å²) in [6.07, 6.45) is 0.838. The zero-order valence-corrected chi connectivity index (χ0v) is 11.6. The largest absolute Gasteiger partial charge is 0.489 e. The first-order chi connectivity index (χ1) is 9.78. The third-order valence-corrected chi connectivity index (χ3v) is 3.68. The van der Waals surface area contributed by atoms with Crippen LogP contribution in [0.1, 0.15) is 24.1 Å². The molecule has 2 N–H and O–H groups in total. The highest BCUT2D eigenvalue weighted by atomic mass is 16.5. The highest BCUT2D eigenvalue weighted by molar-refractivity contribution is 5.38. The molecular weight excluding hydrogens is 250 g/mol. The first kappa shape index (κ1) is 13.0. The maximum atomic E-state index is 6.30. The molecule has 1 aliphatic rings. The summed E-state index contributed by atoms with van der Waals surface area (Å²) >= 11 is 0. The quantitative estimate of drug-likeness (QED) is 0.931. The second-order valence-corrected chi connectivity index (χ2v) is 5.03. The molecule has 1 aliphatic heterocycles. The van der Waals surface area contributed by atoms with E-state index in [0.29, 0.717) is 6.61 Å². The van der Waals surface area contributed by atoms with Crippen LogP contribution in [0.2, 0.25) is 0 Å². The van der Waals surface area contributed by atoms with Crippen LogP contribution in [-0.2, 0) is 6.42 Å². The molecule has 0 aliphatic carbocycles. The lowest BCUT2D eigenvalue weighted by Gasteiger charge is -2.31. The van der Waals surface area contributed by atoms with Crippen LogP contribution in [-0.4, -0.2) is 12.7 Å². The number of hydrogen-bond acceptors (Lipinski definition) is 3. The van der Waals surface area contributed by atoms with Crippen molar-refractivity contribution in [2.75, 3.05) is 6.61 Å². The first-order valence-corrected chi connectivity index (χ1v) is 7.01. The minimum Gasteiger partial charge on any atom is -0.489 e.